The summed E-state index contributed by atoms with van der Waals surface area (Å²) in [6, 6.07) is 7.61. The van der Waals surface area contributed by atoms with Gasteiger partial charge in [0.2, 0.25) is 5.91 Å². The first-order valence-electron chi connectivity index (χ1n) is 9.35. The van der Waals surface area contributed by atoms with E-state index >= 15 is 0 Å². The molecular formula is C20H30N2O4. The van der Waals surface area contributed by atoms with Gasteiger partial charge in [0, 0.05) is 6.54 Å². The summed E-state index contributed by atoms with van der Waals surface area (Å²) >= 11 is 0. The maximum atomic E-state index is 12.5. The van der Waals surface area contributed by atoms with Crippen LogP contribution in [0.4, 0.5) is 0 Å². The number of hydrogen-bond donors (Lipinski definition) is 2. The minimum Gasteiger partial charge on any atom is -0.494 e. The van der Waals surface area contributed by atoms with Gasteiger partial charge in [-0.3, -0.25) is 9.59 Å². The molecule has 1 aromatic rings. The summed E-state index contributed by atoms with van der Waals surface area (Å²) in [5.74, 6) is -0.165. The molecule has 144 valence electrons. The van der Waals surface area contributed by atoms with Gasteiger partial charge in [-0.2, -0.15) is 0 Å². The number of esters is 1. The molecule has 0 aliphatic heterocycles. The molecule has 0 bridgehead atoms. The third kappa shape index (κ3) is 5.46. The van der Waals surface area contributed by atoms with Crippen molar-refractivity contribution in [3.63, 3.8) is 0 Å². The van der Waals surface area contributed by atoms with E-state index in [0.29, 0.717) is 25.9 Å². The van der Waals surface area contributed by atoms with Crippen molar-refractivity contribution in [1.82, 2.24) is 5.32 Å². The van der Waals surface area contributed by atoms with Crippen molar-refractivity contribution in [3.05, 3.63) is 29.8 Å². The minimum absolute atomic E-state index is 0.169. The maximum absolute atomic E-state index is 12.5. The van der Waals surface area contributed by atoms with Gasteiger partial charge in [0.25, 0.3) is 0 Å². The number of amides is 1. The Labute approximate surface area is 155 Å². The first-order chi connectivity index (χ1) is 12.5. The van der Waals surface area contributed by atoms with Crippen LogP contribution < -0.4 is 15.8 Å². The quantitative estimate of drug-likeness (QED) is 0.692. The molecule has 1 atom stereocenters. The molecule has 0 saturated heterocycles. The highest BCUT2D eigenvalue weighted by Gasteiger charge is 2.35. The predicted octanol–water partition coefficient (Wildman–Crippen LogP) is 2.19. The van der Waals surface area contributed by atoms with Gasteiger partial charge in [0.15, 0.2) is 0 Å². The molecular weight excluding hydrogens is 332 g/mol. The first kappa shape index (κ1) is 20.2. The fourth-order valence-electron chi connectivity index (χ4n) is 3.38. The SMILES string of the molecule is CCOc1ccc(CC(CNC(=O)C2(N)CCCCC2)C(=O)OC)cc1. The first-order valence-corrected chi connectivity index (χ1v) is 9.35. The lowest BCUT2D eigenvalue weighted by Crippen LogP contribution is -2.56. The molecule has 1 aliphatic rings. The molecule has 0 aromatic heterocycles. The molecule has 1 aromatic carbocycles. The summed E-state index contributed by atoms with van der Waals surface area (Å²) in [5, 5.41) is 2.87. The van der Waals surface area contributed by atoms with Crippen molar-refractivity contribution in [2.45, 2.75) is 51.0 Å². The van der Waals surface area contributed by atoms with E-state index in [1.165, 1.54) is 7.11 Å². The molecule has 1 saturated carbocycles. The Bertz CT molecular complexity index is 594. The fraction of sp³-hybridized carbons (Fsp3) is 0.600. The lowest BCUT2D eigenvalue weighted by atomic mass is 9.82. The molecule has 1 aliphatic carbocycles. The zero-order chi connectivity index (χ0) is 19.0. The molecule has 26 heavy (non-hydrogen) atoms. The highest BCUT2D eigenvalue weighted by molar-refractivity contribution is 5.86. The van der Waals surface area contributed by atoms with Crippen LogP contribution in [0.1, 0.15) is 44.6 Å². The molecule has 0 spiro atoms. The van der Waals surface area contributed by atoms with Crippen LogP contribution in [0.2, 0.25) is 0 Å². The summed E-state index contributed by atoms with van der Waals surface area (Å²) < 4.78 is 10.3. The molecule has 1 unspecified atom stereocenters. The van der Waals surface area contributed by atoms with Gasteiger partial charge < -0.3 is 20.5 Å². The Kier molecular flexibility index (Phi) is 7.45. The second-order valence-corrected chi connectivity index (χ2v) is 6.93. The van der Waals surface area contributed by atoms with Crippen molar-refractivity contribution >= 4 is 11.9 Å². The Balaban J connectivity index is 1.96. The number of nitrogens with one attached hydrogen (secondary N) is 1. The summed E-state index contributed by atoms with van der Waals surface area (Å²) in [6.45, 7) is 2.76. The van der Waals surface area contributed by atoms with Gasteiger partial charge in [0.05, 0.1) is 25.2 Å². The van der Waals surface area contributed by atoms with Crippen molar-refractivity contribution < 1.29 is 19.1 Å². The van der Waals surface area contributed by atoms with Gasteiger partial charge in [-0.15, -0.1) is 0 Å². The Morgan fingerprint density at radius 2 is 1.85 bits per heavy atom. The Hall–Kier alpha value is -2.08. The van der Waals surface area contributed by atoms with Gasteiger partial charge >= 0.3 is 5.97 Å². The van der Waals surface area contributed by atoms with Crippen molar-refractivity contribution in [2.24, 2.45) is 11.7 Å². The lowest BCUT2D eigenvalue weighted by Gasteiger charge is -2.32. The van der Waals surface area contributed by atoms with Gasteiger partial charge in [-0.05, 0) is 43.9 Å². The van der Waals surface area contributed by atoms with E-state index in [-0.39, 0.29) is 18.4 Å². The van der Waals surface area contributed by atoms with E-state index in [2.05, 4.69) is 5.32 Å². The topological polar surface area (TPSA) is 90.6 Å². The number of benzene rings is 1. The number of carbonyl (C=O) groups is 2. The largest absolute Gasteiger partial charge is 0.494 e. The smallest absolute Gasteiger partial charge is 0.310 e. The normalized spacial score (nSPS) is 17.2. The number of carbonyl (C=O) groups excluding carboxylic acids is 2. The number of rotatable bonds is 8. The molecule has 0 heterocycles. The van der Waals surface area contributed by atoms with Crippen LogP contribution in [0.3, 0.4) is 0 Å². The second kappa shape index (κ2) is 9.57. The summed E-state index contributed by atoms with van der Waals surface area (Å²) in [7, 11) is 1.36. The molecule has 2 rings (SSSR count). The molecule has 1 fully saturated rings. The Morgan fingerprint density at radius 1 is 1.19 bits per heavy atom. The zero-order valence-electron chi connectivity index (χ0n) is 15.8. The van der Waals surface area contributed by atoms with Crippen molar-refractivity contribution in [1.29, 1.82) is 0 Å². The maximum Gasteiger partial charge on any atom is 0.310 e. The van der Waals surface area contributed by atoms with E-state index < -0.39 is 11.5 Å². The Morgan fingerprint density at radius 3 is 2.42 bits per heavy atom. The van der Waals surface area contributed by atoms with E-state index in [0.717, 1.165) is 30.6 Å². The summed E-state index contributed by atoms with van der Waals surface area (Å²) in [4.78, 5) is 24.6. The minimum atomic E-state index is -0.807. The van der Waals surface area contributed by atoms with E-state index in [9.17, 15) is 9.59 Å². The number of nitrogens with two attached hydrogens (primary N) is 1. The standard InChI is InChI=1S/C20H30N2O4/c1-3-26-17-9-7-15(8-10-17)13-16(18(23)25-2)14-22-19(24)20(21)11-5-4-6-12-20/h7-10,16H,3-6,11-14,21H2,1-2H3,(H,22,24). The number of methoxy groups -OCH3 is 1. The predicted molar refractivity (Wildman–Crippen MR) is 99.8 cm³/mol. The second-order valence-electron chi connectivity index (χ2n) is 6.93. The van der Waals surface area contributed by atoms with Crippen LogP contribution in [0.5, 0.6) is 5.75 Å². The van der Waals surface area contributed by atoms with Crippen molar-refractivity contribution in [2.75, 3.05) is 20.3 Å². The van der Waals surface area contributed by atoms with Crippen LogP contribution in [0, 0.1) is 5.92 Å². The van der Waals surface area contributed by atoms with E-state index in [1.54, 1.807) is 0 Å². The third-order valence-corrected chi connectivity index (χ3v) is 4.96. The molecule has 1 amide bonds. The summed E-state index contributed by atoms with van der Waals surface area (Å²) in [5.41, 5.74) is 6.43. The monoisotopic (exact) mass is 362 g/mol. The van der Waals surface area contributed by atoms with Crippen LogP contribution in [0.25, 0.3) is 0 Å². The molecule has 3 N–H and O–H groups in total. The van der Waals surface area contributed by atoms with Gasteiger partial charge in [-0.25, -0.2) is 0 Å². The zero-order valence-corrected chi connectivity index (χ0v) is 15.8. The van der Waals surface area contributed by atoms with Crippen molar-refractivity contribution in [3.8, 4) is 5.75 Å². The van der Waals surface area contributed by atoms with Crippen LogP contribution >= 0.6 is 0 Å². The summed E-state index contributed by atoms with van der Waals surface area (Å²) in [6.07, 6.45) is 4.93. The van der Waals surface area contributed by atoms with E-state index in [4.69, 9.17) is 15.2 Å². The molecule has 6 nitrogen and oxygen atoms in total. The average molecular weight is 362 g/mol. The van der Waals surface area contributed by atoms with Gasteiger partial charge in [0.1, 0.15) is 5.75 Å². The highest BCUT2D eigenvalue weighted by Crippen LogP contribution is 2.26. The average Bonchev–Trinajstić information content (AvgIpc) is 2.66. The van der Waals surface area contributed by atoms with E-state index in [1.807, 2.05) is 31.2 Å². The van der Waals surface area contributed by atoms with Crippen LogP contribution in [-0.2, 0) is 20.7 Å². The van der Waals surface area contributed by atoms with Crippen LogP contribution in [-0.4, -0.2) is 37.7 Å². The number of ether oxygens (including phenoxy) is 2. The third-order valence-electron chi connectivity index (χ3n) is 4.96. The molecule has 0 radical (unpaired) electrons. The fourth-order valence-corrected chi connectivity index (χ4v) is 3.38. The van der Waals surface area contributed by atoms with Gasteiger partial charge in [-0.1, -0.05) is 31.4 Å². The lowest BCUT2D eigenvalue weighted by molar-refractivity contribution is -0.145. The number of hydrogen-bond acceptors (Lipinski definition) is 5. The highest BCUT2D eigenvalue weighted by atomic mass is 16.5. The molecule has 6 heteroatoms. The van der Waals surface area contributed by atoms with Crippen LogP contribution in [0.15, 0.2) is 24.3 Å².